The van der Waals surface area contributed by atoms with Crippen LogP contribution in [0.15, 0.2) is 53.9 Å². The van der Waals surface area contributed by atoms with Crippen molar-refractivity contribution in [3.63, 3.8) is 0 Å². The van der Waals surface area contributed by atoms with E-state index in [2.05, 4.69) is 10.3 Å². The molecular formula is C23H23N3O6S. The minimum absolute atomic E-state index is 0.0730. The number of aromatic nitrogens is 1. The highest BCUT2D eigenvalue weighted by molar-refractivity contribution is 7.14. The van der Waals surface area contributed by atoms with E-state index in [1.54, 1.807) is 24.1 Å². The summed E-state index contributed by atoms with van der Waals surface area (Å²) in [6.07, 6.45) is -1.36. The Hall–Kier alpha value is -3.47. The molecule has 1 aliphatic heterocycles. The van der Waals surface area contributed by atoms with Crippen LogP contribution in [0.1, 0.15) is 10.4 Å². The molecule has 2 heterocycles. The molecule has 9 nitrogen and oxygen atoms in total. The van der Waals surface area contributed by atoms with Gasteiger partial charge in [0.15, 0.2) is 5.13 Å². The predicted octanol–water partition coefficient (Wildman–Crippen LogP) is 2.58. The molecule has 0 saturated carbocycles. The summed E-state index contributed by atoms with van der Waals surface area (Å²) < 4.78 is 10.9. The fourth-order valence-corrected chi connectivity index (χ4v) is 4.28. The van der Waals surface area contributed by atoms with E-state index in [0.717, 1.165) is 17.0 Å². The molecule has 33 heavy (non-hydrogen) atoms. The molecule has 0 aliphatic carbocycles. The first-order chi connectivity index (χ1) is 15.9. The van der Waals surface area contributed by atoms with Crippen LogP contribution in [0.4, 0.5) is 5.13 Å². The smallest absolute Gasteiger partial charge is 0.335 e. The molecule has 1 aliphatic rings. The van der Waals surface area contributed by atoms with Gasteiger partial charge >= 0.3 is 5.97 Å². The third-order valence-corrected chi connectivity index (χ3v) is 5.94. The average molecular weight is 470 g/mol. The molecular weight excluding hydrogens is 446 g/mol. The molecule has 4 rings (SSSR count). The number of aliphatic hydroxyl groups is 1. The van der Waals surface area contributed by atoms with Crippen molar-refractivity contribution in [2.75, 3.05) is 32.1 Å². The Labute approximate surface area is 194 Å². The monoisotopic (exact) mass is 469 g/mol. The van der Waals surface area contributed by atoms with Gasteiger partial charge < -0.3 is 25.0 Å². The number of hydrogen-bond donors (Lipinski definition) is 3. The second-order valence-corrected chi connectivity index (χ2v) is 8.42. The third kappa shape index (κ3) is 5.67. The molecule has 2 aromatic carbocycles. The van der Waals surface area contributed by atoms with Crippen LogP contribution in [0, 0.1) is 0 Å². The normalized spacial score (nSPS) is 18.1. The third-order valence-electron chi connectivity index (χ3n) is 5.18. The second-order valence-electron chi connectivity index (χ2n) is 7.57. The van der Waals surface area contributed by atoms with E-state index in [4.69, 9.17) is 14.6 Å². The summed E-state index contributed by atoms with van der Waals surface area (Å²) in [7, 11) is 1.61. The molecule has 0 spiro atoms. The molecule has 0 bridgehead atoms. The highest BCUT2D eigenvalue weighted by Crippen LogP contribution is 2.26. The summed E-state index contributed by atoms with van der Waals surface area (Å²) in [5.41, 5.74) is 1.78. The molecule has 2 atom stereocenters. The number of methoxy groups -OCH3 is 1. The highest BCUT2D eigenvalue weighted by Gasteiger charge is 2.34. The van der Waals surface area contributed by atoms with Crippen molar-refractivity contribution in [2.24, 2.45) is 0 Å². The average Bonchev–Trinajstić information content (AvgIpc) is 3.40. The number of ether oxygens (including phenoxy) is 2. The first-order valence-corrected chi connectivity index (χ1v) is 11.1. The predicted molar refractivity (Wildman–Crippen MR) is 123 cm³/mol. The molecule has 1 saturated heterocycles. The number of rotatable bonds is 8. The standard InChI is InChI=1S/C23H23N3O6S/c1-31-16-7-5-14(6-8-16)18-13-33-23(24-18)25-21(28)12-26-10-19(27)20(11-26)32-17-4-2-3-15(9-17)22(29)30/h2-9,13,19-20,27H,10-12H2,1H3,(H,29,30)(H,24,25,28)/t19-,20-/m1/s1. The number of thiazole rings is 1. The van der Waals surface area contributed by atoms with Gasteiger partial charge in [0, 0.05) is 24.0 Å². The van der Waals surface area contributed by atoms with Crippen LogP contribution in [0.25, 0.3) is 11.3 Å². The zero-order valence-electron chi connectivity index (χ0n) is 17.8. The molecule has 1 amide bonds. The first-order valence-electron chi connectivity index (χ1n) is 10.2. The largest absolute Gasteiger partial charge is 0.497 e. The van der Waals surface area contributed by atoms with Crippen LogP contribution >= 0.6 is 11.3 Å². The Morgan fingerprint density at radius 1 is 1.18 bits per heavy atom. The summed E-state index contributed by atoms with van der Waals surface area (Å²) in [5.74, 6) is -0.180. The summed E-state index contributed by atoms with van der Waals surface area (Å²) >= 11 is 1.33. The van der Waals surface area contributed by atoms with Crippen LogP contribution in [0.3, 0.4) is 0 Å². The number of aromatic carboxylic acids is 1. The molecule has 3 aromatic rings. The fraction of sp³-hybridized carbons (Fsp3) is 0.261. The van der Waals surface area contributed by atoms with E-state index in [9.17, 15) is 14.7 Å². The van der Waals surface area contributed by atoms with E-state index in [1.165, 1.54) is 23.5 Å². The highest BCUT2D eigenvalue weighted by atomic mass is 32.1. The van der Waals surface area contributed by atoms with Gasteiger partial charge in [0.2, 0.25) is 5.91 Å². The van der Waals surface area contributed by atoms with Gasteiger partial charge in [-0.2, -0.15) is 0 Å². The van der Waals surface area contributed by atoms with Gasteiger partial charge in [-0.25, -0.2) is 9.78 Å². The Kier molecular flexibility index (Phi) is 6.87. The number of carbonyl (C=O) groups excluding carboxylic acids is 1. The van der Waals surface area contributed by atoms with Crippen LogP contribution in [-0.4, -0.2) is 70.9 Å². The summed E-state index contributed by atoms with van der Waals surface area (Å²) in [6, 6.07) is 13.6. The van der Waals surface area contributed by atoms with Crippen molar-refractivity contribution in [3.05, 3.63) is 59.5 Å². The topological polar surface area (TPSA) is 121 Å². The molecule has 1 fully saturated rings. The lowest BCUT2D eigenvalue weighted by Crippen LogP contribution is -2.33. The minimum Gasteiger partial charge on any atom is -0.497 e. The lowest BCUT2D eigenvalue weighted by atomic mass is 10.2. The van der Waals surface area contributed by atoms with Crippen molar-refractivity contribution < 1.29 is 29.3 Å². The number of carbonyl (C=O) groups is 2. The van der Waals surface area contributed by atoms with Crippen molar-refractivity contribution >= 4 is 28.3 Å². The number of carboxylic acid groups (broad SMARTS) is 1. The van der Waals surface area contributed by atoms with Gasteiger partial charge in [-0.1, -0.05) is 6.07 Å². The number of hydrogen-bond acceptors (Lipinski definition) is 8. The molecule has 0 unspecified atom stereocenters. The number of anilines is 1. The fourth-order valence-electron chi connectivity index (χ4n) is 3.54. The number of likely N-dealkylation sites (tertiary alicyclic amines) is 1. The van der Waals surface area contributed by atoms with Crippen LogP contribution in [0.2, 0.25) is 0 Å². The Balaban J connectivity index is 1.31. The molecule has 0 radical (unpaired) electrons. The number of carboxylic acids is 1. The lowest BCUT2D eigenvalue weighted by molar-refractivity contribution is -0.117. The Morgan fingerprint density at radius 3 is 2.70 bits per heavy atom. The number of amides is 1. The zero-order valence-corrected chi connectivity index (χ0v) is 18.6. The van der Waals surface area contributed by atoms with Crippen molar-refractivity contribution in [1.82, 2.24) is 9.88 Å². The van der Waals surface area contributed by atoms with Crippen LogP contribution in [0.5, 0.6) is 11.5 Å². The van der Waals surface area contributed by atoms with Gasteiger partial charge in [-0.3, -0.25) is 9.69 Å². The quantitative estimate of drug-likeness (QED) is 0.460. The van der Waals surface area contributed by atoms with E-state index in [1.807, 2.05) is 29.6 Å². The maximum absolute atomic E-state index is 12.5. The van der Waals surface area contributed by atoms with Crippen molar-refractivity contribution in [2.45, 2.75) is 12.2 Å². The maximum atomic E-state index is 12.5. The zero-order chi connectivity index (χ0) is 23.4. The van der Waals surface area contributed by atoms with Gasteiger partial charge in [0.1, 0.15) is 23.7 Å². The molecule has 3 N–H and O–H groups in total. The number of aliphatic hydroxyl groups excluding tert-OH is 1. The summed E-state index contributed by atoms with van der Waals surface area (Å²) in [5, 5.41) is 24.6. The Morgan fingerprint density at radius 2 is 1.97 bits per heavy atom. The molecule has 10 heteroatoms. The van der Waals surface area contributed by atoms with E-state index < -0.39 is 18.2 Å². The maximum Gasteiger partial charge on any atom is 0.335 e. The summed E-state index contributed by atoms with van der Waals surface area (Å²) in [4.78, 5) is 29.9. The molecule has 1 aromatic heterocycles. The SMILES string of the molecule is COc1ccc(-c2csc(NC(=O)CN3C[C@@H](O)[C@H](Oc4cccc(C(=O)O)c4)C3)n2)cc1. The van der Waals surface area contributed by atoms with E-state index in [0.29, 0.717) is 17.4 Å². The van der Waals surface area contributed by atoms with Gasteiger partial charge in [-0.05, 0) is 42.5 Å². The van der Waals surface area contributed by atoms with Crippen molar-refractivity contribution in [1.29, 1.82) is 0 Å². The lowest BCUT2D eigenvalue weighted by Gasteiger charge is -2.17. The van der Waals surface area contributed by atoms with Crippen molar-refractivity contribution in [3.8, 4) is 22.8 Å². The minimum atomic E-state index is -1.05. The van der Waals surface area contributed by atoms with E-state index in [-0.39, 0.29) is 24.6 Å². The molecule has 172 valence electrons. The number of nitrogens with one attached hydrogen (secondary N) is 1. The van der Waals surface area contributed by atoms with Gasteiger partial charge in [-0.15, -0.1) is 11.3 Å². The number of benzene rings is 2. The van der Waals surface area contributed by atoms with E-state index >= 15 is 0 Å². The van der Waals surface area contributed by atoms with Gasteiger partial charge in [0.25, 0.3) is 0 Å². The number of nitrogens with zero attached hydrogens (tertiary/aromatic N) is 2. The van der Waals surface area contributed by atoms with Gasteiger partial charge in [0.05, 0.1) is 24.9 Å². The summed E-state index contributed by atoms with van der Waals surface area (Å²) in [6.45, 7) is 0.677. The van der Waals surface area contributed by atoms with Crippen LogP contribution < -0.4 is 14.8 Å². The number of β-amino-alcohol motifs (C(OH)–C–C–N with tert-alkyl or cyclic N) is 1. The Bertz CT molecular complexity index is 1130. The second kappa shape index (κ2) is 9.99. The van der Waals surface area contributed by atoms with Crippen LogP contribution in [-0.2, 0) is 4.79 Å². The first kappa shape index (κ1) is 22.7.